The van der Waals surface area contributed by atoms with Crippen LogP contribution in [0, 0.1) is 6.92 Å². The van der Waals surface area contributed by atoms with Gasteiger partial charge in [-0.2, -0.15) is 0 Å². The standard InChI is InChI=1S/C18H18O3/c1-14-9-11-15(12-10-14)6-5-13-21-17-8-4-3-7-16(17)18(19)20-2/h3-12H,13H2,1-2H3/b6-5+. The van der Waals surface area contributed by atoms with E-state index in [1.165, 1.54) is 12.7 Å². The molecule has 21 heavy (non-hydrogen) atoms. The van der Waals surface area contributed by atoms with Crippen LogP contribution in [0.2, 0.25) is 0 Å². The number of ether oxygens (including phenoxy) is 2. The second-order valence-corrected chi connectivity index (χ2v) is 4.61. The fraction of sp³-hybridized carbons (Fsp3) is 0.167. The lowest BCUT2D eigenvalue weighted by atomic mass is 10.1. The highest BCUT2D eigenvalue weighted by atomic mass is 16.5. The van der Waals surface area contributed by atoms with E-state index in [-0.39, 0.29) is 0 Å². The first-order chi connectivity index (χ1) is 10.2. The number of carbonyl (C=O) groups is 1. The van der Waals surface area contributed by atoms with Gasteiger partial charge in [-0.1, -0.05) is 48.0 Å². The van der Waals surface area contributed by atoms with Crippen LogP contribution in [0.4, 0.5) is 0 Å². The summed E-state index contributed by atoms with van der Waals surface area (Å²) >= 11 is 0. The summed E-state index contributed by atoms with van der Waals surface area (Å²) < 4.78 is 10.3. The highest BCUT2D eigenvalue weighted by Crippen LogP contribution is 2.18. The first-order valence-electron chi connectivity index (χ1n) is 6.74. The van der Waals surface area contributed by atoms with Crippen molar-refractivity contribution in [3.8, 4) is 5.75 Å². The molecule has 108 valence electrons. The van der Waals surface area contributed by atoms with E-state index in [2.05, 4.69) is 19.1 Å². The van der Waals surface area contributed by atoms with E-state index in [9.17, 15) is 4.79 Å². The first-order valence-corrected chi connectivity index (χ1v) is 6.74. The highest BCUT2D eigenvalue weighted by molar-refractivity contribution is 5.92. The van der Waals surface area contributed by atoms with E-state index >= 15 is 0 Å². The number of esters is 1. The van der Waals surface area contributed by atoms with Crippen molar-refractivity contribution >= 4 is 12.0 Å². The van der Waals surface area contributed by atoms with Gasteiger partial charge in [0.05, 0.1) is 7.11 Å². The van der Waals surface area contributed by atoms with Gasteiger partial charge in [0.25, 0.3) is 0 Å². The maximum Gasteiger partial charge on any atom is 0.341 e. The third-order valence-electron chi connectivity index (χ3n) is 3.02. The Bertz CT molecular complexity index is 627. The van der Waals surface area contributed by atoms with E-state index in [1.54, 1.807) is 18.2 Å². The Morgan fingerprint density at radius 3 is 2.52 bits per heavy atom. The molecule has 3 heteroatoms. The maximum atomic E-state index is 11.6. The molecule has 2 aromatic carbocycles. The Labute approximate surface area is 124 Å². The average molecular weight is 282 g/mol. The lowest BCUT2D eigenvalue weighted by Gasteiger charge is -2.08. The quantitative estimate of drug-likeness (QED) is 0.781. The zero-order valence-electron chi connectivity index (χ0n) is 12.2. The third kappa shape index (κ3) is 4.21. The van der Waals surface area contributed by atoms with Crippen molar-refractivity contribution in [1.82, 2.24) is 0 Å². The topological polar surface area (TPSA) is 35.5 Å². The van der Waals surface area contributed by atoms with Gasteiger partial charge in [-0.25, -0.2) is 4.79 Å². The monoisotopic (exact) mass is 282 g/mol. The van der Waals surface area contributed by atoms with Gasteiger partial charge in [-0.3, -0.25) is 0 Å². The molecule has 0 radical (unpaired) electrons. The molecule has 2 aromatic rings. The molecule has 0 aromatic heterocycles. The van der Waals surface area contributed by atoms with Gasteiger partial charge >= 0.3 is 5.97 Å². The van der Waals surface area contributed by atoms with Crippen molar-refractivity contribution in [1.29, 1.82) is 0 Å². The molecule has 0 unspecified atom stereocenters. The number of aryl methyl sites for hydroxylation is 1. The lowest BCUT2D eigenvalue weighted by molar-refractivity contribution is 0.0596. The summed E-state index contributed by atoms with van der Waals surface area (Å²) in [5.74, 6) is 0.131. The van der Waals surface area contributed by atoms with Gasteiger partial charge in [0.1, 0.15) is 17.9 Å². The zero-order chi connectivity index (χ0) is 15.1. The maximum absolute atomic E-state index is 11.6. The molecule has 0 saturated heterocycles. The summed E-state index contributed by atoms with van der Waals surface area (Å²) in [6.45, 7) is 2.45. The number of carbonyl (C=O) groups excluding carboxylic acids is 1. The second-order valence-electron chi connectivity index (χ2n) is 4.61. The van der Waals surface area contributed by atoms with Crippen molar-refractivity contribution in [2.75, 3.05) is 13.7 Å². The smallest absolute Gasteiger partial charge is 0.341 e. The van der Waals surface area contributed by atoms with Crippen LogP contribution in [0.25, 0.3) is 6.08 Å². The molecule has 0 fully saturated rings. The van der Waals surface area contributed by atoms with E-state index in [4.69, 9.17) is 9.47 Å². The Hall–Kier alpha value is -2.55. The number of methoxy groups -OCH3 is 1. The average Bonchev–Trinajstić information content (AvgIpc) is 2.53. The van der Waals surface area contributed by atoms with Gasteiger partial charge in [-0.15, -0.1) is 0 Å². The summed E-state index contributed by atoms with van der Waals surface area (Å²) in [4.78, 5) is 11.6. The van der Waals surface area contributed by atoms with Crippen molar-refractivity contribution < 1.29 is 14.3 Å². The van der Waals surface area contributed by atoms with Crippen molar-refractivity contribution in [2.24, 2.45) is 0 Å². The highest BCUT2D eigenvalue weighted by Gasteiger charge is 2.11. The lowest BCUT2D eigenvalue weighted by Crippen LogP contribution is -2.05. The molecule has 0 saturated carbocycles. The fourth-order valence-corrected chi connectivity index (χ4v) is 1.87. The molecule has 0 aliphatic carbocycles. The van der Waals surface area contributed by atoms with Gasteiger partial charge in [0.2, 0.25) is 0 Å². The van der Waals surface area contributed by atoms with Crippen LogP contribution in [0.5, 0.6) is 5.75 Å². The van der Waals surface area contributed by atoms with Gasteiger partial charge < -0.3 is 9.47 Å². The van der Waals surface area contributed by atoms with Gasteiger partial charge in [0, 0.05) is 0 Å². The summed E-state index contributed by atoms with van der Waals surface area (Å²) in [5.41, 5.74) is 2.78. The Kier molecular flexibility index (Phi) is 5.16. The zero-order valence-corrected chi connectivity index (χ0v) is 12.2. The largest absolute Gasteiger partial charge is 0.489 e. The Balaban J connectivity index is 1.97. The second kappa shape index (κ2) is 7.29. The fourth-order valence-electron chi connectivity index (χ4n) is 1.87. The molecule has 3 nitrogen and oxygen atoms in total. The summed E-state index contributed by atoms with van der Waals surface area (Å²) in [6, 6.07) is 15.3. The molecule has 0 spiro atoms. The van der Waals surface area contributed by atoms with Crippen LogP contribution in [0.1, 0.15) is 21.5 Å². The van der Waals surface area contributed by atoms with Crippen molar-refractivity contribution in [3.05, 3.63) is 71.3 Å². The minimum atomic E-state index is -0.395. The molecule has 0 bridgehead atoms. The van der Waals surface area contributed by atoms with E-state index in [0.29, 0.717) is 17.9 Å². The van der Waals surface area contributed by atoms with Crippen LogP contribution in [0.3, 0.4) is 0 Å². The van der Waals surface area contributed by atoms with Gasteiger partial charge in [0.15, 0.2) is 0 Å². The predicted octanol–water partition coefficient (Wildman–Crippen LogP) is 3.87. The van der Waals surface area contributed by atoms with Crippen LogP contribution in [-0.2, 0) is 4.74 Å². The predicted molar refractivity (Wildman–Crippen MR) is 83.5 cm³/mol. The summed E-state index contributed by atoms with van der Waals surface area (Å²) in [6.07, 6.45) is 3.90. The van der Waals surface area contributed by atoms with E-state index in [0.717, 1.165) is 5.56 Å². The molecule has 0 aliphatic heterocycles. The van der Waals surface area contributed by atoms with Crippen LogP contribution < -0.4 is 4.74 Å². The molecule has 0 amide bonds. The number of benzene rings is 2. The van der Waals surface area contributed by atoms with Gasteiger partial charge in [-0.05, 0) is 30.7 Å². The Morgan fingerprint density at radius 2 is 1.81 bits per heavy atom. The number of hydrogen-bond acceptors (Lipinski definition) is 3. The molecule has 0 heterocycles. The minimum absolute atomic E-state index is 0.391. The first kappa shape index (κ1) is 14.9. The molecule has 0 aliphatic rings. The van der Waals surface area contributed by atoms with E-state index in [1.807, 2.05) is 30.4 Å². The molecule has 0 N–H and O–H groups in total. The Morgan fingerprint density at radius 1 is 1.10 bits per heavy atom. The summed E-state index contributed by atoms with van der Waals surface area (Å²) in [7, 11) is 1.36. The normalized spacial score (nSPS) is 10.6. The molecular weight excluding hydrogens is 264 g/mol. The molecule has 2 rings (SSSR count). The number of para-hydroxylation sites is 1. The van der Waals surface area contributed by atoms with Crippen molar-refractivity contribution in [3.63, 3.8) is 0 Å². The minimum Gasteiger partial charge on any atom is -0.489 e. The number of rotatable bonds is 5. The van der Waals surface area contributed by atoms with Crippen molar-refractivity contribution in [2.45, 2.75) is 6.92 Å². The van der Waals surface area contributed by atoms with Crippen LogP contribution in [0.15, 0.2) is 54.6 Å². The van der Waals surface area contributed by atoms with E-state index < -0.39 is 5.97 Å². The summed E-state index contributed by atoms with van der Waals surface area (Å²) in [5, 5.41) is 0. The molecular formula is C18H18O3. The van der Waals surface area contributed by atoms with Crippen LogP contribution in [-0.4, -0.2) is 19.7 Å². The SMILES string of the molecule is COC(=O)c1ccccc1OC/C=C/c1ccc(C)cc1. The molecule has 0 atom stereocenters. The van der Waals surface area contributed by atoms with Crippen LogP contribution >= 0.6 is 0 Å². The third-order valence-corrected chi connectivity index (χ3v) is 3.02. The number of hydrogen-bond donors (Lipinski definition) is 0.